The van der Waals surface area contributed by atoms with Gasteiger partial charge in [-0.15, -0.1) is 0 Å². The summed E-state index contributed by atoms with van der Waals surface area (Å²) in [6, 6.07) is 22.2. The van der Waals surface area contributed by atoms with Crippen molar-refractivity contribution in [3.63, 3.8) is 0 Å². The molecule has 0 aliphatic heterocycles. The van der Waals surface area contributed by atoms with Gasteiger partial charge in [-0.2, -0.15) is 0 Å². The number of rotatable bonds is 10. The van der Waals surface area contributed by atoms with Gasteiger partial charge < -0.3 is 14.8 Å². The number of aryl methyl sites for hydroxylation is 1. The number of carbonyl (C=O) groups excluding carboxylic acids is 1. The summed E-state index contributed by atoms with van der Waals surface area (Å²) in [5.74, 6) is 1.54. The summed E-state index contributed by atoms with van der Waals surface area (Å²) in [5, 5.41) is 5.28. The minimum atomic E-state index is -0.492. The number of hydrogen-bond donors (Lipinski definition) is 1. The van der Waals surface area contributed by atoms with E-state index >= 15 is 0 Å². The molecule has 0 aromatic heterocycles. The van der Waals surface area contributed by atoms with Crippen molar-refractivity contribution in [3.8, 4) is 11.5 Å². The summed E-state index contributed by atoms with van der Waals surface area (Å²) in [7, 11) is 0. The minimum absolute atomic E-state index is 0.0671. The molecule has 158 valence electrons. The van der Waals surface area contributed by atoms with E-state index in [9.17, 15) is 4.79 Å². The molecule has 0 aliphatic rings. The highest BCUT2D eigenvalue weighted by atomic mass is 16.5. The summed E-state index contributed by atoms with van der Waals surface area (Å²) in [6.07, 6.45) is 2.04. The van der Waals surface area contributed by atoms with E-state index in [0.717, 1.165) is 35.1 Å². The fourth-order valence-corrected chi connectivity index (χ4v) is 3.39. The number of hydrogen-bond acceptors (Lipinski definition) is 3. The second kappa shape index (κ2) is 10.7. The lowest BCUT2D eigenvalue weighted by molar-refractivity contribution is -0.128. The van der Waals surface area contributed by atoms with Crippen LogP contribution in [0.4, 0.5) is 0 Å². The van der Waals surface area contributed by atoms with Crippen molar-refractivity contribution in [1.29, 1.82) is 0 Å². The van der Waals surface area contributed by atoms with Crippen LogP contribution < -0.4 is 14.8 Å². The molecular formula is C26H31NO3. The standard InChI is InChI=1S/C26H31NO3/c1-4-25(30-24-15-14-21-11-5-6-12-22(21)18-24)26(28)27-16-8-10-20-9-7-13-23(17-20)29-19(2)3/h5-7,9,11-15,17-19,25H,4,8,10,16H2,1-3H3,(H,27,28)/t25-/m1/s1. The molecule has 30 heavy (non-hydrogen) atoms. The van der Waals surface area contributed by atoms with Crippen LogP contribution in [0, 0.1) is 0 Å². The first kappa shape index (κ1) is 21.7. The summed E-state index contributed by atoms with van der Waals surface area (Å²) >= 11 is 0. The van der Waals surface area contributed by atoms with Gasteiger partial charge in [0.05, 0.1) is 6.10 Å². The molecule has 3 aromatic carbocycles. The summed E-state index contributed by atoms with van der Waals surface area (Å²) in [6.45, 7) is 6.62. The third kappa shape index (κ3) is 6.24. The Morgan fingerprint density at radius 2 is 1.67 bits per heavy atom. The Morgan fingerprint density at radius 3 is 2.43 bits per heavy atom. The molecular weight excluding hydrogens is 374 g/mol. The molecule has 0 saturated carbocycles. The number of carbonyl (C=O) groups is 1. The predicted molar refractivity (Wildman–Crippen MR) is 122 cm³/mol. The summed E-state index contributed by atoms with van der Waals surface area (Å²) in [5.41, 5.74) is 1.21. The minimum Gasteiger partial charge on any atom is -0.491 e. The van der Waals surface area contributed by atoms with Crippen molar-refractivity contribution >= 4 is 16.7 Å². The normalized spacial score (nSPS) is 12.0. The van der Waals surface area contributed by atoms with Gasteiger partial charge in [0, 0.05) is 6.54 Å². The second-order valence-electron chi connectivity index (χ2n) is 7.73. The smallest absolute Gasteiger partial charge is 0.261 e. The van der Waals surface area contributed by atoms with Crippen LogP contribution in [-0.4, -0.2) is 24.7 Å². The maximum atomic E-state index is 12.6. The van der Waals surface area contributed by atoms with E-state index < -0.39 is 6.10 Å². The van der Waals surface area contributed by atoms with E-state index in [1.165, 1.54) is 5.56 Å². The van der Waals surface area contributed by atoms with E-state index in [1.54, 1.807) is 0 Å². The maximum Gasteiger partial charge on any atom is 0.261 e. The Morgan fingerprint density at radius 1 is 0.900 bits per heavy atom. The Labute approximate surface area is 179 Å². The van der Waals surface area contributed by atoms with Crippen molar-refractivity contribution in [2.75, 3.05) is 6.54 Å². The van der Waals surface area contributed by atoms with Crippen LogP contribution in [0.2, 0.25) is 0 Å². The average molecular weight is 406 g/mol. The van der Waals surface area contributed by atoms with Crippen LogP contribution >= 0.6 is 0 Å². The fourth-order valence-electron chi connectivity index (χ4n) is 3.39. The van der Waals surface area contributed by atoms with Gasteiger partial charge in [0.15, 0.2) is 6.10 Å². The third-order valence-corrected chi connectivity index (χ3v) is 4.87. The first-order valence-electron chi connectivity index (χ1n) is 10.7. The molecule has 0 heterocycles. The van der Waals surface area contributed by atoms with Crippen molar-refractivity contribution in [2.24, 2.45) is 0 Å². The van der Waals surface area contributed by atoms with E-state index in [2.05, 4.69) is 23.5 Å². The highest BCUT2D eigenvalue weighted by molar-refractivity contribution is 5.84. The summed E-state index contributed by atoms with van der Waals surface area (Å²) < 4.78 is 11.7. The molecule has 3 aromatic rings. The Hall–Kier alpha value is -3.01. The molecule has 0 unspecified atom stereocenters. The van der Waals surface area contributed by atoms with Crippen molar-refractivity contribution in [3.05, 3.63) is 72.3 Å². The van der Waals surface area contributed by atoms with Gasteiger partial charge in [-0.05, 0) is 73.7 Å². The van der Waals surface area contributed by atoms with Gasteiger partial charge in [-0.25, -0.2) is 0 Å². The molecule has 0 radical (unpaired) electrons. The van der Waals surface area contributed by atoms with Crippen LogP contribution in [0.5, 0.6) is 11.5 Å². The van der Waals surface area contributed by atoms with Gasteiger partial charge in [-0.1, -0.05) is 49.4 Å². The number of nitrogens with one attached hydrogen (secondary N) is 1. The topological polar surface area (TPSA) is 47.6 Å². The van der Waals surface area contributed by atoms with E-state index in [4.69, 9.17) is 9.47 Å². The largest absolute Gasteiger partial charge is 0.491 e. The van der Waals surface area contributed by atoms with Crippen LogP contribution in [-0.2, 0) is 11.2 Å². The molecule has 0 spiro atoms. The Kier molecular flexibility index (Phi) is 7.72. The molecule has 4 nitrogen and oxygen atoms in total. The van der Waals surface area contributed by atoms with E-state index in [-0.39, 0.29) is 12.0 Å². The van der Waals surface area contributed by atoms with Gasteiger partial charge in [0.25, 0.3) is 5.91 Å². The van der Waals surface area contributed by atoms with Gasteiger partial charge in [-0.3, -0.25) is 4.79 Å². The predicted octanol–water partition coefficient (Wildman–Crippen LogP) is 5.53. The highest BCUT2D eigenvalue weighted by Crippen LogP contribution is 2.22. The highest BCUT2D eigenvalue weighted by Gasteiger charge is 2.18. The van der Waals surface area contributed by atoms with Crippen LogP contribution in [0.3, 0.4) is 0 Å². The third-order valence-electron chi connectivity index (χ3n) is 4.87. The SMILES string of the molecule is CC[C@@H](Oc1ccc2ccccc2c1)C(=O)NCCCc1cccc(OC(C)C)c1. The fraction of sp³-hybridized carbons (Fsp3) is 0.346. The van der Waals surface area contributed by atoms with Crippen LogP contribution in [0.1, 0.15) is 39.2 Å². The number of fused-ring (bicyclic) bond motifs is 1. The zero-order valence-corrected chi connectivity index (χ0v) is 18.1. The maximum absolute atomic E-state index is 12.6. The zero-order chi connectivity index (χ0) is 21.3. The monoisotopic (exact) mass is 405 g/mol. The quantitative estimate of drug-likeness (QED) is 0.451. The van der Waals surface area contributed by atoms with E-state index in [1.807, 2.05) is 69.3 Å². The molecule has 0 fully saturated rings. The number of ether oxygens (including phenoxy) is 2. The van der Waals surface area contributed by atoms with Gasteiger partial charge in [0.1, 0.15) is 11.5 Å². The first-order chi connectivity index (χ1) is 14.5. The van der Waals surface area contributed by atoms with Gasteiger partial charge in [0.2, 0.25) is 0 Å². The molecule has 0 aliphatic carbocycles. The molecule has 1 N–H and O–H groups in total. The molecule has 0 saturated heterocycles. The summed E-state index contributed by atoms with van der Waals surface area (Å²) in [4.78, 5) is 12.6. The van der Waals surface area contributed by atoms with Crippen molar-refractivity contribution < 1.29 is 14.3 Å². The van der Waals surface area contributed by atoms with Crippen LogP contribution in [0.15, 0.2) is 66.7 Å². The zero-order valence-electron chi connectivity index (χ0n) is 18.1. The van der Waals surface area contributed by atoms with E-state index in [0.29, 0.717) is 13.0 Å². The second-order valence-corrected chi connectivity index (χ2v) is 7.73. The Bertz CT molecular complexity index is 967. The number of amides is 1. The molecule has 1 atom stereocenters. The Balaban J connectivity index is 1.48. The number of benzene rings is 3. The average Bonchev–Trinajstić information content (AvgIpc) is 2.74. The lowest BCUT2D eigenvalue weighted by Crippen LogP contribution is -2.38. The molecule has 3 rings (SSSR count). The molecule has 4 heteroatoms. The lowest BCUT2D eigenvalue weighted by atomic mass is 10.1. The first-order valence-corrected chi connectivity index (χ1v) is 10.7. The van der Waals surface area contributed by atoms with Gasteiger partial charge >= 0.3 is 0 Å². The van der Waals surface area contributed by atoms with Crippen LogP contribution in [0.25, 0.3) is 10.8 Å². The van der Waals surface area contributed by atoms with Crippen molar-refractivity contribution in [1.82, 2.24) is 5.32 Å². The lowest BCUT2D eigenvalue weighted by Gasteiger charge is -2.17. The van der Waals surface area contributed by atoms with Crippen molar-refractivity contribution in [2.45, 2.75) is 52.2 Å². The molecule has 0 bridgehead atoms. The molecule has 1 amide bonds.